The number of nitrogens with zero attached hydrogens (tertiary/aromatic N) is 2. The van der Waals surface area contributed by atoms with Crippen molar-refractivity contribution in [2.45, 2.75) is 19.3 Å². The molecule has 1 aromatic carbocycles. The summed E-state index contributed by atoms with van der Waals surface area (Å²) in [7, 11) is 0. The van der Waals surface area contributed by atoms with Crippen molar-refractivity contribution in [2.75, 3.05) is 19.6 Å². The van der Waals surface area contributed by atoms with Gasteiger partial charge in [-0.25, -0.2) is 0 Å². The highest BCUT2D eigenvalue weighted by Crippen LogP contribution is 2.36. The third-order valence-electron chi connectivity index (χ3n) is 4.21. The summed E-state index contributed by atoms with van der Waals surface area (Å²) in [6.45, 7) is 1.11. The molecule has 0 saturated carbocycles. The Morgan fingerprint density at radius 3 is 2.62 bits per heavy atom. The smallest absolute Gasteiger partial charge is 0.294 e. The zero-order valence-corrected chi connectivity index (χ0v) is 16.9. The Balaban J connectivity index is 1.75. The monoisotopic (exact) mass is 458 g/mol. The minimum absolute atomic E-state index is 0.0935. The Kier molecular flexibility index (Phi) is 5.94. The van der Waals surface area contributed by atoms with Gasteiger partial charge >= 0.3 is 0 Å². The average Bonchev–Trinajstić information content (AvgIpc) is 2.87. The number of thioether (sulfide) groups is 1. The molecule has 138 valence electrons. The number of benzene rings is 1. The SMILES string of the molecule is O=C(CN1C(=O)S/C(=C\c2cc(Cl)c(O)c(Br)c2)C1=O)N1CCCCC1. The van der Waals surface area contributed by atoms with Crippen LogP contribution in [0.25, 0.3) is 6.08 Å². The number of halogens is 2. The second-order valence-electron chi connectivity index (χ2n) is 6.04. The van der Waals surface area contributed by atoms with E-state index in [1.807, 2.05) is 0 Å². The lowest BCUT2D eigenvalue weighted by molar-refractivity contribution is -0.136. The van der Waals surface area contributed by atoms with E-state index < -0.39 is 11.1 Å². The Morgan fingerprint density at radius 1 is 1.27 bits per heavy atom. The maximum absolute atomic E-state index is 12.5. The minimum Gasteiger partial charge on any atom is -0.505 e. The van der Waals surface area contributed by atoms with Crippen LogP contribution in [0, 0.1) is 0 Å². The molecular weight excluding hydrogens is 444 g/mol. The summed E-state index contributed by atoms with van der Waals surface area (Å²) in [5, 5.41) is 9.34. The number of phenols is 1. The maximum atomic E-state index is 12.5. The molecule has 0 spiro atoms. The molecule has 2 aliphatic rings. The summed E-state index contributed by atoms with van der Waals surface area (Å²) in [6.07, 6.45) is 4.51. The van der Waals surface area contributed by atoms with E-state index in [1.165, 1.54) is 12.1 Å². The Hall–Kier alpha value is -1.51. The zero-order chi connectivity index (χ0) is 18.8. The first-order valence-corrected chi connectivity index (χ1v) is 10.1. The molecule has 2 saturated heterocycles. The van der Waals surface area contributed by atoms with Crippen LogP contribution in [0.1, 0.15) is 24.8 Å². The van der Waals surface area contributed by atoms with Crippen LogP contribution < -0.4 is 0 Å². The average molecular weight is 460 g/mol. The van der Waals surface area contributed by atoms with Crippen LogP contribution in [0.5, 0.6) is 5.75 Å². The molecule has 2 fully saturated rings. The molecule has 26 heavy (non-hydrogen) atoms. The van der Waals surface area contributed by atoms with Gasteiger partial charge in [-0.1, -0.05) is 11.6 Å². The number of amides is 3. The first-order chi connectivity index (χ1) is 12.4. The fourth-order valence-electron chi connectivity index (χ4n) is 2.83. The molecule has 0 unspecified atom stereocenters. The van der Waals surface area contributed by atoms with Gasteiger partial charge in [0.25, 0.3) is 11.1 Å². The predicted octanol–water partition coefficient (Wildman–Crippen LogP) is 3.86. The number of likely N-dealkylation sites (tertiary alicyclic amines) is 1. The Morgan fingerprint density at radius 2 is 1.96 bits per heavy atom. The molecule has 9 heteroatoms. The number of carbonyl (C=O) groups is 3. The highest BCUT2D eigenvalue weighted by atomic mass is 79.9. The van der Waals surface area contributed by atoms with Gasteiger partial charge in [0, 0.05) is 13.1 Å². The maximum Gasteiger partial charge on any atom is 0.294 e. The van der Waals surface area contributed by atoms with Gasteiger partial charge in [0.15, 0.2) is 0 Å². The number of carbonyl (C=O) groups excluding carboxylic acids is 3. The lowest BCUT2D eigenvalue weighted by atomic mass is 10.1. The van der Waals surface area contributed by atoms with Crippen LogP contribution in [0.3, 0.4) is 0 Å². The molecule has 2 heterocycles. The fraction of sp³-hybridized carbons (Fsp3) is 0.353. The summed E-state index contributed by atoms with van der Waals surface area (Å²) >= 11 is 9.89. The summed E-state index contributed by atoms with van der Waals surface area (Å²) in [4.78, 5) is 39.9. The van der Waals surface area contributed by atoms with E-state index in [1.54, 1.807) is 11.0 Å². The van der Waals surface area contributed by atoms with Crippen molar-refractivity contribution < 1.29 is 19.5 Å². The molecule has 0 atom stereocenters. The van der Waals surface area contributed by atoms with Gasteiger partial charge in [0.05, 0.1) is 14.4 Å². The highest BCUT2D eigenvalue weighted by molar-refractivity contribution is 9.10. The Bertz CT molecular complexity index is 785. The van der Waals surface area contributed by atoms with E-state index >= 15 is 0 Å². The number of piperidine rings is 1. The third kappa shape index (κ3) is 4.07. The third-order valence-corrected chi connectivity index (χ3v) is 6.01. The van der Waals surface area contributed by atoms with Gasteiger partial charge in [0.1, 0.15) is 12.3 Å². The predicted molar refractivity (Wildman–Crippen MR) is 104 cm³/mol. The van der Waals surface area contributed by atoms with Crippen molar-refractivity contribution in [3.63, 3.8) is 0 Å². The van der Waals surface area contributed by atoms with Crippen LogP contribution in [-0.4, -0.2) is 51.6 Å². The molecule has 0 aliphatic carbocycles. The van der Waals surface area contributed by atoms with Crippen molar-refractivity contribution in [3.8, 4) is 5.75 Å². The molecule has 0 bridgehead atoms. The molecule has 2 aliphatic heterocycles. The topological polar surface area (TPSA) is 77.9 Å². The van der Waals surface area contributed by atoms with Gasteiger partial charge in [0.2, 0.25) is 5.91 Å². The summed E-state index contributed by atoms with van der Waals surface area (Å²) in [6, 6.07) is 3.09. The first-order valence-electron chi connectivity index (χ1n) is 8.08. The number of hydrogen-bond acceptors (Lipinski definition) is 5. The molecule has 0 radical (unpaired) electrons. The van der Waals surface area contributed by atoms with Crippen molar-refractivity contribution >= 4 is 62.4 Å². The van der Waals surface area contributed by atoms with Crippen LogP contribution in [0.2, 0.25) is 5.02 Å². The van der Waals surface area contributed by atoms with E-state index in [4.69, 9.17) is 11.6 Å². The van der Waals surface area contributed by atoms with Crippen molar-refractivity contribution in [3.05, 3.63) is 32.1 Å². The van der Waals surface area contributed by atoms with Gasteiger partial charge in [-0.05, 0) is 70.7 Å². The zero-order valence-electron chi connectivity index (χ0n) is 13.7. The normalized spacial score (nSPS) is 19.5. The Labute approximate surface area is 168 Å². The van der Waals surface area contributed by atoms with Crippen molar-refractivity contribution in [1.29, 1.82) is 0 Å². The summed E-state index contributed by atoms with van der Waals surface area (Å²) in [5.74, 6) is -0.793. The number of hydrogen-bond donors (Lipinski definition) is 1. The second kappa shape index (κ2) is 8.02. The van der Waals surface area contributed by atoms with E-state index in [0.717, 1.165) is 35.9 Å². The number of aromatic hydroxyl groups is 1. The van der Waals surface area contributed by atoms with Crippen LogP contribution in [-0.2, 0) is 9.59 Å². The lowest BCUT2D eigenvalue weighted by Crippen LogP contribution is -2.44. The molecule has 1 aromatic rings. The minimum atomic E-state index is -0.495. The summed E-state index contributed by atoms with van der Waals surface area (Å²) < 4.78 is 0.385. The van der Waals surface area contributed by atoms with Crippen molar-refractivity contribution in [1.82, 2.24) is 9.80 Å². The fourth-order valence-corrected chi connectivity index (χ4v) is 4.49. The summed E-state index contributed by atoms with van der Waals surface area (Å²) in [5.41, 5.74) is 0.563. The van der Waals surface area contributed by atoms with E-state index in [-0.39, 0.29) is 28.1 Å². The standard InChI is InChI=1S/C17H16BrClN2O4S/c18-11-6-10(7-12(19)15(11)23)8-13-16(24)21(17(25)26-13)9-14(22)20-4-2-1-3-5-20/h6-8,23H,1-5,9H2/b13-8-. The largest absolute Gasteiger partial charge is 0.505 e. The number of rotatable bonds is 3. The highest BCUT2D eigenvalue weighted by Gasteiger charge is 2.37. The molecule has 3 rings (SSSR count). The van der Waals surface area contributed by atoms with E-state index in [0.29, 0.717) is 23.1 Å². The first kappa shape index (κ1) is 19.3. The second-order valence-corrected chi connectivity index (χ2v) is 8.30. The molecule has 6 nitrogen and oxygen atoms in total. The van der Waals surface area contributed by atoms with Crippen LogP contribution in [0.15, 0.2) is 21.5 Å². The number of phenolic OH excluding ortho intramolecular Hbond substituents is 1. The molecule has 0 aromatic heterocycles. The van der Waals surface area contributed by atoms with E-state index in [9.17, 15) is 19.5 Å². The van der Waals surface area contributed by atoms with Crippen LogP contribution >= 0.6 is 39.3 Å². The molecular formula is C17H16BrClN2O4S. The van der Waals surface area contributed by atoms with Crippen LogP contribution in [0.4, 0.5) is 4.79 Å². The van der Waals surface area contributed by atoms with Crippen molar-refractivity contribution in [2.24, 2.45) is 0 Å². The number of imide groups is 1. The van der Waals surface area contributed by atoms with E-state index in [2.05, 4.69) is 15.9 Å². The molecule has 3 amide bonds. The van der Waals surface area contributed by atoms with Gasteiger partial charge in [-0.3, -0.25) is 19.3 Å². The van der Waals surface area contributed by atoms with Gasteiger partial charge in [-0.2, -0.15) is 0 Å². The van der Waals surface area contributed by atoms with Gasteiger partial charge in [-0.15, -0.1) is 0 Å². The lowest BCUT2D eigenvalue weighted by Gasteiger charge is -2.27. The quantitative estimate of drug-likeness (QED) is 0.695. The molecule has 1 N–H and O–H groups in total. The van der Waals surface area contributed by atoms with Gasteiger partial charge < -0.3 is 10.0 Å².